The van der Waals surface area contributed by atoms with Crippen LogP contribution in [-0.4, -0.2) is 42.1 Å². The van der Waals surface area contributed by atoms with E-state index in [4.69, 9.17) is 16.3 Å². The van der Waals surface area contributed by atoms with Gasteiger partial charge in [0.15, 0.2) is 6.10 Å². The van der Waals surface area contributed by atoms with Crippen molar-refractivity contribution >= 4 is 29.4 Å². The van der Waals surface area contributed by atoms with Gasteiger partial charge >= 0.3 is 5.97 Å². The number of hydrogen-bond acceptors (Lipinski definition) is 5. The van der Waals surface area contributed by atoms with E-state index < -0.39 is 36.0 Å². The quantitative estimate of drug-likeness (QED) is 0.408. The Hall–Kier alpha value is -3.68. The fourth-order valence-electron chi connectivity index (χ4n) is 3.46. The molecule has 0 unspecified atom stereocenters. The molecule has 0 fully saturated rings. The minimum absolute atomic E-state index is 0.109. The Kier molecular flexibility index (Phi) is 8.79. The fraction of sp³-hybridized carbons (Fsp3) is 0.192. The number of halogens is 1. The highest BCUT2D eigenvalue weighted by atomic mass is 35.5. The summed E-state index contributed by atoms with van der Waals surface area (Å²) in [5.74, 6) is -1.96. The van der Waals surface area contributed by atoms with E-state index >= 15 is 0 Å². The molecule has 3 rings (SSSR count). The van der Waals surface area contributed by atoms with Crippen molar-refractivity contribution < 1.29 is 24.2 Å². The number of nitrogens with one attached hydrogen (secondary N) is 2. The first-order chi connectivity index (χ1) is 16.4. The summed E-state index contributed by atoms with van der Waals surface area (Å²) >= 11 is 6.02. The third kappa shape index (κ3) is 6.66. The van der Waals surface area contributed by atoms with Crippen molar-refractivity contribution in [1.29, 1.82) is 0 Å². The van der Waals surface area contributed by atoms with Crippen molar-refractivity contribution in [2.45, 2.75) is 24.6 Å². The molecule has 0 aromatic heterocycles. The number of benzene rings is 3. The first kappa shape index (κ1) is 25.0. The number of carbonyl (C=O) groups excluding carboxylic acids is 3. The van der Waals surface area contributed by atoms with Crippen LogP contribution < -0.4 is 10.6 Å². The van der Waals surface area contributed by atoms with Gasteiger partial charge in [-0.3, -0.25) is 9.59 Å². The molecular formula is C26H25ClN2O5. The maximum absolute atomic E-state index is 13.0. The molecule has 0 spiro atoms. The second-order valence-electron chi connectivity index (χ2n) is 7.59. The lowest BCUT2D eigenvalue weighted by Crippen LogP contribution is -2.51. The Labute approximate surface area is 202 Å². The van der Waals surface area contributed by atoms with Crippen LogP contribution in [0.1, 0.15) is 27.5 Å². The van der Waals surface area contributed by atoms with Gasteiger partial charge in [-0.15, -0.1) is 0 Å². The maximum atomic E-state index is 13.0. The van der Waals surface area contributed by atoms with Gasteiger partial charge in [0.2, 0.25) is 0 Å². The van der Waals surface area contributed by atoms with E-state index in [9.17, 15) is 19.5 Å². The Bertz CT molecular complexity index is 1120. The second-order valence-corrected chi connectivity index (χ2v) is 8.03. The van der Waals surface area contributed by atoms with Crippen molar-refractivity contribution in [3.63, 3.8) is 0 Å². The highest BCUT2D eigenvalue weighted by Gasteiger charge is 2.32. The number of carbonyl (C=O) groups is 3. The van der Waals surface area contributed by atoms with E-state index in [1.54, 1.807) is 84.9 Å². The van der Waals surface area contributed by atoms with Crippen LogP contribution in [0.3, 0.4) is 0 Å². The van der Waals surface area contributed by atoms with E-state index in [0.29, 0.717) is 21.7 Å². The topological polar surface area (TPSA) is 105 Å². The first-order valence-electron chi connectivity index (χ1n) is 10.6. The molecule has 34 heavy (non-hydrogen) atoms. The van der Waals surface area contributed by atoms with Crippen LogP contribution >= 0.6 is 11.6 Å². The molecule has 176 valence electrons. The zero-order chi connectivity index (χ0) is 24.5. The molecule has 0 aliphatic carbocycles. The average molecular weight is 481 g/mol. The standard InChI is InChI=1S/C26H25ClN2O5/c1-34-26(33)21(16-17-9-8-14-20(27)15-17)28-25(32)23(30)22(18-10-4-2-5-11-18)29-24(31)19-12-6-3-7-13-19/h2-15,21-23,30H,16H2,1H3,(H,28,32)(H,29,31)/t21-,22+,23-/m1/s1. The predicted octanol–water partition coefficient (Wildman–Crippen LogP) is 3.07. The molecule has 8 heteroatoms. The highest BCUT2D eigenvalue weighted by Crippen LogP contribution is 2.19. The predicted molar refractivity (Wildman–Crippen MR) is 128 cm³/mol. The highest BCUT2D eigenvalue weighted by molar-refractivity contribution is 6.30. The molecule has 0 radical (unpaired) electrons. The minimum Gasteiger partial charge on any atom is -0.467 e. The molecule has 3 aromatic rings. The van der Waals surface area contributed by atoms with Gasteiger partial charge < -0.3 is 20.5 Å². The molecule has 0 saturated heterocycles. The Balaban J connectivity index is 1.81. The molecular weight excluding hydrogens is 456 g/mol. The number of aliphatic hydroxyl groups excluding tert-OH is 1. The van der Waals surface area contributed by atoms with Crippen LogP contribution in [0, 0.1) is 0 Å². The van der Waals surface area contributed by atoms with Crippen molar-refractivity contribution in [3.8, 4) is 0 Å². The van der Waals surface area contributed by atoms with Gasteiger partial charge in [0, 0.05) is 17.0 Å². The molecule has 3 aromatic carbocycles. The molecule has 3 N–H and O–H groups in total. The Morgan fingerprint density at radius 3 is 2.18 bits per heavy atom. The largest absolute Gasteiger partial charge is 0.467 e. The van der Waals surface area contributed by atoms with Crippen molar-refractivity contribution in [1.82, 2.24) is 10.6 Å². The summed E-state index contributed by atoms with van der Waals surface area (Å²) in [6.45, 7) is 0. The van der Waals surface area contributed by atoms with Crippen molar-refractivity contribution in [2.75, 3.05) is 7.11 Å². The zero-order valence-electron chi connectivity index (χ0n) is 18.5. The van der Waals surface area contributed by atoms with Gasteiger partial charge in [0.1, 0.15) is 6.04 Å². The monoisotopic (exact) mass is 480 g/mol. The third-order valence-corrected chi connectivity index (χ3v) is 5.43. The lowest BCUT2D eigenvalue weighted by molar-refractivity contribution is -0.146. The summed E-state index contributed by atoms with van der Waals surface area (Å²) in [7, 11) is 1.21. The summed E-state index contributed by atoms with van der Waals surface area (Å²) in [6.07, 6.45) is -1.57. The van der Waals surface area contributed by atoms with Crippen LogP contribution in [0.5, 0.6) is 0 Å². The van der Waals surface area contributed by atoms with Gasteiger partial charge in [0.05, 0.1) is 13.2 Å². The van der Waals surface area contributed by atoms with Gasteiger partial charge in [-0.25, -0.2) is 4.79 Å². The number of aliphatic hydroxyl groups is 1. The molecule has 0 aliphatic rings. The van der Waals surface area contributed by atoms with E-state index in [1.165, 1.54) is 7.11 Å². The summed E-state index contributed by atoms with van der Waals surface area (Å²) in [5, 5.41) is 16.7. The van der Waals surface area contributed by atoms with Crippen LogP contribution in [-0.2, 0) is 20.7 Å². The summed E-state index contributed by atoms with van der Waals surface area (Å²) in [5.41, 5.74) is 1.61. The number of rotatable bonds is 9. The molecule has 3 atom stereocenters. The van der Waals surface area contributed by atoms with Crippen LogP contribution in [0.2, 0.25) is 5.02 Å². The Morgan fingerprint density at radius 2 is 1.56 bits per heavy atom. The summed E-state index contributed by atoms with van der Waals surface area (Å²) in [4.78, 5) is 38.1. The third-order valence-electron chi connectivity index (χ3n) is 5.20. The molecule has 7 nitrogen and oxygen atoms in total. The molecule has 0 saturated carbocycles. The summed E-state index contributed by atoms with van der Waals surface area (Å²) < 4.78 is 4.82. The van der Waals surface area contributed by atoms with Gasteiger partial charge in [-0.2, -0.15) is 0 Å². The van der Waals surface area contributed by atoms with Crippen molar-refractivity contribution in [2.24, 2.45) is 0 Å². The summed E-state index contributed by atoms with van der Waals surface area (Å²) in [6, 6.07) is 21.8. The minimum atomic E-state index is -1.68. The van der Waals surface area contributed by atoms with Crippen LogP contribution in [0.15, 0.2) is 84.9 Å². The maximum Gasteiger partial charge on any atom is 0.328 e. The number of esters is 1. The van der Waals surface area contributed by atoms with Gasteiger partial charge in [-0.05, 0) is 35.4 Å². The van der Waals surface area contributed by atoms with E-state index in [1.807, 2.05) is 0 Å². The molecule has 2 amide bonds. The zero-order valence-corrected chi connectivity index (χ0v) is 19.2. The van der Waals surface area contributed by atoms with E-state index in [2.05, 4.69) is 10.6 Å². The number of ether oxygens (including phenoxy) is 1. The molecule has 0 aliphatic heterocycles. The van der Waals surface area contributed by atoms with Gasteiger partial charge in [-0.1, -0.05) is 72.3 Å². The molecule has 0 heterocycles. The first-order valence-corrected chi connectivity index (χ1v) is 11.0. The van der Waals surface area contributed by atoms with E-state index in [0.717, 1.165) is 0 Å². The SMILES string of the molecule is COC(=O)[C@@H](Cc1cccc(Cl)c1)NC(=O)[C@H](O)[C@@H](NC(=O)c1ccccc1)c1ccccc1. The second kappa shape index (κ2) is 12.0. The number of methoxy groups -OCH3 is 1. The Morgan fingerprint density at radius 1 is 0.912 bits per heavy atom. The number of amides is 2. The fourth-order valence-corrected chi connectivity index (χ4v) is 3.68. The van der Waals surface area contributed by atoms with Crippen LogP contribution in [0.25, 0.3) is 0 Å². The van der Waals surface area contributed by atoms with Crippen LogP contribution in [0.4, 0.5) is 0 Å². The lowest BCUT2D eigenvalue weighted by atomic mass is 9.99. The average Bonchev–Trinajstić information content (AvgIpc) is 2.86. The lowest BCUT2D eigenvalue weighted by Gasteiger charge is -2.26. The van der Waals surface area contributed by atoms with E-state index in [-0.39, 0.29) is 6.42 Å². The van der Waals surface area contributed by atoms with Gasteiger partial charge in [0.25, 0.3) is 11.8 Å². The van der Waals surface area contributed by atoms with Crippen molar-refractivity contribution in [3.05, 3.63) is 107 Å². The normalized spacial score (nSPS) is 13.3. The number of hydrogen-bond donors (Lipinski definition) is 3. The molecule has 0 bridgehead atoms. The smallest absolute Gasteiger partial charge is 0.328 e.